The van der Waals surface area contributed by atoms with Crippen LogP contribution in [0, 0.1) is 0 Å². The minimum atomic E-state index is -3.49. The van der Waals surface area contributed by atoms with Gasteiger partial charge >= 0.3 is 0 Å². The summed E-state index contributed by atoms with van der Waals surface area (Å²) >= 11 is 0. The van der Waals surface area contributed by atoms with Gasteiger partial charge in [-0.25, -0.2) is 8.42 Å². The van der Waals surface area contributed by atoms with Crippen molar-refractivity contribution in [2.45, 2.75) is 11.5 Å². The van der Waals surface area contributed by atoms with E-state index in [9.17, 15) is 13.2 Å². The molecule has 1 aliphatic rings. The molecular weight excluding hydrogens is 402 g/mol. The van der Waals surface area contributed by atoms with Crippen molar-refractivity contribution in [2.75, 3.05) is 18.5 Å². The Morgan fingerprint density at radius 2 is 1.63 bits per heavy atom. The molecule has 1 amide bonds. The number of amides is 1. The monoisotopic (exact) mass is 423 g/mol. The van der Waals surface area contributed by atoms with Gasteiger partial charge < -0.3 is 14.8 Å². The lowest BCUT2D eigenvalue weighted by Gasteiger charge is -2.20. The third-order valence-corrected chi connectivity index (χ3v) is 6.15. The summed E-state index contributed by atoms with van der Waals surface area (Å²) in [7, 11) is -3.49. The van der Waals surface area contributed by atoms with E-state index in [1.807, 2.05) is 18.2 Å². The Labute approximate surface area is 175 Å². The zero-order valence-corrected chi connectivity index (χ0v) is 17.0. The molecule has 0 spiro atoms. The van der Waals surface area contributed by atoms with Gasteiger partial charge in [0.05, 0.1) is 11.5 Å². The predicted molar refractivity (Wildman–Crippen MR) is 115 cm³/mol. The number of hydrogen-bond acceptors (Lipinski definition) is 5. The number of carbonyl (C=O) groups is 1. The number of rotatable bonds is 6. The van der Waals surface area contributed by atoms with Crippen LogP contribution in [0.4, 0.5) is 5.69 Å². The molecule has 1 N–H and O–H groups in total. The fraction of sp³-hybridized carbons (Fsp3) is 0.174. The standard InChI is InChI=1S/C23H21NO5S/c25-23(24-20-9-2-1-3-10-20)18-7-4-6-17(14-18)15-30(26,27)16-19-8-5-11-21-22(19)29-13-12-28-21/h1-11,14H,12-13,15-16H2,(H,24,25). The van der Waals surface area contributed by atoms with Crippen LogP contribution in [0.25, 0.3) is 0 Å². The van der Waals surface area contributed by atoms with Crippen LogP contribution in [0.2, 0.25) is 0 Å². The normalized spacial score (nSPS) is 12.9. The van der Waals surface area contributed by atoms with Gasteiger partial charge in [0.25, 0.3) is 5.91 Å². The van der Waals surface area contributed by atoms with Gasteiger partial charge in [0.1, 0.15) is 13.2 Å². The summed E-state index contributed by atoms with van der Waals surface area (Å²) in [6.45, 7) is 0.837. The highest BCUT2D eigenvalue weighted by Crippen LogP contribution is 2.35. The van der Waals surface area contributed by atoms with E-state index in [-0.39, 0.29) is 17.4 Å². The second-order valence-corrected chi connectivity index (χ2v) is 9.06. The Morgan fingerprint density at radius 1 is 0.867 bits per heavy atom. The molecule has 4 rings (SSSR count). The third kappa shape index (κ3) is 4.80. The van der Waals surface area contributed by atoms with Gasteiger partial charge in [0.15, 0.2) is 21.3 Å². The molecule has 0 radical (unpaired) electrons. The van der Waals surface area contributed by atoms with Crippen LogP contribution in [-0.2, 0) is 21.3 Å². The van der Waals surface area contributed by atoms with E-state index in [0.29, 0.717) is 47.1 Å². The van der Waals surface area contributed by atoms with Crippen LogP contribution in [0.3, 0.4) is 0 Å². The third-order valence-electron chi connectivity index (χ3n) is 4.63. The summed E-state index contributed by atoms with van der Waals surface area (Å²) in [5.41, 5.74) is 2.21. The number of para-hydroxylation sites is 2. The van der Waals surface area contributed by atoms with Gasteiger partial charge in [-0.1, -0.05) is 42.5 Å². The Hall–Kier alpha value is -3.32. The van der Waals surface area contributed by atoms with Gasteiger partial charge in [-0.05, 0) is 35.9 Å². The number of hydrogen-bond donors (Lipinski definition) is 1. The molecule has 0 unspecified atom stereocenters. The molecule has 1 aliphatic heterocycles. The first kappa shape index (κ1) is 20.0. The Bertz CT molecular complexity index is 1160. The molecule has 0 saturated carbocycles. The van der Waals surface area contributed by atoms with Crippen molar-refractivity contribution >= 4 is 21.4 Å². The topological polar surface area (TPSA) is 81.7 Å². The van der Waals surface area contributed by atoms with E-state index >= 15 is 0 Å². The summed E-state index contributed by atoms with van der Waals surface area (Å²) in [5, 5.41) is 2.80. The lowest BCUT2D eigenvalue weighted by Crippen LogP contribution is -2.18. The van der Waals surface area contributed by atoms with Gasteiger partial charge in [-0.3, -0.25) is 4.79 Å². The number of benzene rings is 3. The zero-order chi connectivity index (χ0) is 21.0. The lowest BCUT2D eigenvalue weighted by molar-refractivity contribution is 0.102. The van der Waals surface area contributed by atoms with Gasteiger partial charge in [0.2, 0.25) is 0 Å². The Kier molecular flexibility index (Phi) is 5.72. The Balaban J connectivity index is 1.49. The second-order valence-electron chi connectivity index (χ2n) is 6.99. The lowest BCUT2D eigenvalue weighted by atomic mass is 10.1. The van der Waals surface area contributed by atoms with Crippen molar-refractivity contribution in [1.29, 1.82) is 0 Å². The molecule has 154 valence electrons. The smallest absolute Gasteiger partial charge is 0.255 e. The van der Waals surface area contributed by atoms with Crippen LogP contribution < -0.4 is 14.8 Å². The summed E-state index contributed by atoms with van der Waals surface area (Å²) in [6, 6.07) is 21.0. The number of sulfone groups is 1. The van der Waals surface area contributed by atoms with E-state index in [4.69, 9.17) is 9.47 Å². The van der Waals surface area contributed by atoms with E-state index in [1.165, 1.54) is 0 Å². The molecule has 0 bridgehead atoms. The first-order chi connectivity index (χ1) is 14.5. The van der Waals surface area contributed by atoms with Gasteiger partial charge in [0, 0.05) is 16.8 Å². The minimum Gasteiger partial charge on any atom is -0.486 e. The number of nitrogens with one attached hydrogen (secondary N) is 1. The number of carbonyl (C=O) groups excluding carboxylic acids is 1. The molecule has 0 saturated heterocycles. The van der Waals surface area contributed by atoms with E-state index in [0.717, 1.165) is 0 Å². The molecule has 0 atom stereocenters. The van der Waals surface area contributed by atoms with Crippen molar-refractivity contribution < 1.29 is 22.7 Å². The molecule has 0 aromatic heterocycles. The minimum absolute atomic E-state index is 0.167. The van der Waals surface area contributed by atoms with Gasteiger partial charge in [-0.15, -0.1) is 0 Å². The number of fused-ring (bicyclic) bond motifs is 1. The number of ether oxygens (including phenoxy) is 2. The molecule has 30 heavy (non-hydrogen) atoms. The average molecular weight is 423 g/mol. The van der Waals surface area contributed by atoms with E-state index in [2.05, 4.69) is 5.32 Å². The molecule has 3 aromatic rings. The molecule has 3 aromatic carbocycles. The highest BCUT2D eigenvalue weighted by Gasteiger charge is 2.21. The maximum atomic E-state index is 12.8. The van der Waals surface area contributed by atoms with Crippen LogP contribution >= 0.6 is 0 Å². The summed E-state index contributed by atoms with van der Waals surface area (Å²) in [6.07, 6.45) is 0. The SMILES string of the molecule is O=C(Nc1ccccc1)c1cccc(CS(=O)(=O)Cc2cccc3c2OCCO3)c1. The molecular formula is C23H21NO5S. The van der Waals surface area contributed by atoms with E-state index in [1.54, 1.807) is 54.6 Å². The first-order valence-corrected chi connectivity index (χ1v) is 11.4. The summed E-state index contributed by atoms with van der Waals surface area (Å²) in [5.74, 6) is 0.421. The summed E-state index contributed by atoms with van der Waals surface area (Å²) in [4.78, 5) is 12.5. The second kappa shape index (κ2) is 8.59. The van der Waals surface area contributed by atoms with Gasteiger partial charge in [-0.2, -0.15) is 0 Å². The van der Waals surface area contributed by atoms with Crippen LogP contribution in [0.1, 0.15) is 21.5 Å². The quantitative estimate of drug-likeness (QED) is 0.652. The highest BCUT2D eigenvalue weighted by atomic mass is 32.2. The van der Waals surface area contributed by atoms with Crippen molar-refractivity contribution in [3.63, 3.8) is 0 Å². The van der Waals surface area contributed by atoms with Crippen molar-refractivity contribution in [2.24, 2.45) is 0 Å². The fourth-order valence-electron chi connectivity index (χ4n) is 3.32. The van der Waals surface area contributed by atoms with E-state index < -0.39 is 9.84 Å². The predicted octanol–water partition coefficient (Wildman–Crippen LogP) is 3.83. The largest absolute Gasteiger partial charge is 0.486 e. The maximum Gasteiger partial charge on any atom is 0.255 e. The van der Waals surface area contributed by atoms with Crippen molar-refractivity contribution in [1.82, 2.24) is 0 Å². The molecule has 7 heteroatoms. The summed E-state index contributed by atoms with van der Waals surface area (Å²) < 4.78 is 36.8. The Morgan fingerprint density at radius 3 is 2.47 bits per heavy atom. The van der Waals surface area contributed by atoms with Crippen molar-refractivity contribution in [3.8, 4) is 11.5 Å². The van der Waals surface area contributed by atoms with Crippen molar-refractivity contribution in [3.05, 3.63) is 89.5 Å². The van der Waals surface area contributed by atoms with Crippen LogP contribution in [-0.4, -0.2) is 27.5 Å². The zero-order valence-electron chi connectivity index (χ0n) is 16.2. The average Bonchev–Trinajstić information content (AvgIpc) is 2.74. The van der Waals surface area contributed by atoms with Crippen LogP contribution in [0.15, 0.2) is 72.8 Å². The van der Waals surface area contributed by atoms with Crippen LogP contribution in [0.5, 0.6) is 11.5 Å². The molecule has 1 heterocycles. The molecule has 0 aliphatic carbocycles. The molecule has 0 fully saturated rings. The fourth-order valence-corrected chi connectivity index (χ4v) is 4.81. The maximum absolute atomic E-state index is 12.8. The first-order valence-electron chi connectivity index (χ1n) is 9.53. The highest BCUT2D eigenvalue weighted by molar-refractivity contribution is 7.89. The molecule has 6 nitrogen and oxygen atoms in total. The number of anilines is 1.